The zero-order chi connectivity index (χ0) is 24.8. The van der Waals surface area contributed by atoms with Crippen molar-refractivity contribution in [2.75, 3.05) is 25.2 Å². The molecule has 2 aromatic carbocycles. The molecule has 0 bridgehead atoms. The third kappa shape index (κ3) is 5.20. The van der Waals surface area contributed by atoms with Gasteiger partial charge in [-0.2, -0.15) is 0 Å². The molecule has 1 aliphatic heterocycles. The first kappa shape index (κ1) is 24.8. The number of carbonyl (C=O) groups is 4. The number of halogens is 1. The molecule has 0 aromatic heterocycles. The highest BCUT2D eigenvalue weighted by molar-refractivity contribution is 14.1. The molecule has 1 aliphatic rings. The second kappa shape index (κ2) is 10.8. The van der Waals surface area contributed by atoms with E-state index >= 15 is 0 Å². The maximum absolute atomic E-state index is 13.1. The molecule has 34 heavy (non-hydrogen) atoms. The predicted molar refractivity (Wildman–Crippen MR) is 131 cm³/mol. The predicted octanol–water partition coefficient (Wildman–Crippen LogP) is 3.15. The zero-order valence-electron chi connectivity index (χ0n) is 18.2. The first-order valence-electron chi connectivity index (χ1n) is 9.93. The molecule has 4 amide bonds. The van der Waals surface area contributed by atoms with Gasteiger partial charge in [0.2, 0.25) is 0 Å². The molecule has 1 saturated heterocycles. The van der Waals surface area contributed by atoms with Crippen molar-refractivity contribution in [1.82, 2.24) is 5.32 Å². The maximum Gasteiger partial charge on any atom is 0.338 e. The van der Waals surface area contributed by atoms with Gasteiger partial charge in [-0.25, -0.2) is 14.5 Å². The van der Waals surface area contributed by atoms with Gasteiger partial charge >= 0.3 is 12.0 Å². The number of carbonyl (C=O) groups excluding carboxylic acids is 4. The summed E-state index contributed by atoms with van der Waals surface area (Å²) in [5, 5.41) is 2.16. The molecular formula is C24H19IN2O7. The molecule has 174 valence electrons. The molecule has 9 nitrogen and oxygen atoms in total. The van der Waals surface area contributed by atoms with Crippen molar-refractivity contribution < 1.29 is 33.4 Å². The van der Waals surface area contributed by atoms with E-state index in [1.807, 2.05) is 22.6 Å². The lowest BCUT2D eigenvalue weighted by molar-refractivity contribution is -0.122. The molecule has 0 atom stereocenters. The molecule has 0 spiro atoms. The summed E-state index contributed by atoms with van der Waals surface area (Å²) in [5.74, 6) is 0.979. The van der Waals surface area contributed by atoms with E-state index in [2.05, 4.69) is 11.2 Å². The molecule has 3 rings (SSSR count). The Balaban J connectivity index is 1.95. The highest BCUT2D eigenvalue weighted by atomic mass is 127. The lowest BCUT2D eigenvalue weighted by atomic mass is 10.1. The SMILES string of the molecule is C#CCOc1c(I)cc(/C=C2\C(=O)NC(=O)N(c3ccc(C(=O)OCC)cc3)C2=O)cc1OC. The normalized spacial score (nSPS) is 14.5. The molecule has 1 N–H and O–H groups in total. The minimum atomic E-state index is -0.902. The van der Waals surface area contributed by atoms with Gasteiger partial charge < -0.3 is 14.2 Å². The Kier molecular flexibility index (Phi) is 7.91. The molecular weight excluding hydrogens is 555 g/mol. The number of amides is 4. The Bertz CT molecular complexity index is 1230. The highest BCUT2D eigenvalue weighted by Gasteiger charge is 2.37. The second-order valence-electron chi connectivity index (χ2n) is 6.75. The van der Waals surface area contributed by atoms with Crippen LogP contribution < -0.4 is 19.7 Å². The van der Waals surface area contributed by atoms with Crippen LogP contribution in [0.15, 0.2) is 42.0 Å². The number of barbiturate groups is 1. The molecule has 0 unspecified atom stereocenters. The molecule has 1 heterocycles. The van der Waals surface area contributed by atoms with Crippen LogP contribution >= 0.6 is 22.6 Å². The fourth-order valence-electron chi connectivity index (χ4n) is 3.10. The van der Waals surface area contributed by atoms with Gasteiger partial charge in [-0.3, -0.25) is 14.9 Å². The summed E-state index contributed by atoms with van der Waals surface area (Å²) < 4.78 is 16.4. The number of ether oxygens (including phenoxy) is 3. The largest absolute Gasteiger partial charge is 0.493 e. The van der Waals surface area contributed by atoms with Crippen molar-refractivity contribution in [3.05, 3.63) is 56.7 Å². The fraction of sp³-hybridized carbons (Fsp3) is 0.167. The fourth-order valence-corrected chi connectivity index (χ4v) is 3.88. The number of hydrogen-bond acceptors (Lipinski definition) is 7. The van der Waals surface area contributed by atoms with Gasteiger partial charge in [0.15, 0.2) is 11.5 Å². The number of imide groups is 2. The van der Waals surface area contributed by atoms with E-state index in [0.717, 1.165) is 4.90 Å². The Labute approximate surface area is 209 Å². The summed E-state index contributed by atoms with van der Waals surface area (Å²) in [7, 11) is 1.45. The van der Waals surface area contributed by atoms with E-state index in [9.17, 15) is 19.2 Å². The van der Waals surface area contributed by atoms with Crippen molar-refractivity contribution in [2.45, 2.75) is 6.92 Å². The van der Waals surface area contributed by atoms with Crippen LogP contribution in [0.4, 0.5) is 10.5 Å². The average molecular weight is 574 g/mol. The smallest absolute Gasteiger partial charge is 0.338 e. The number of rotatable bonds is 7. The number of terminal acetylenes is 1. The van der Waals surface area contributed by atoms with E-state index < -0.39 is 23.8 Å². The number of anilines is 1. The quantitative estimate of drug-likeness (QED) is 0.178. The number of urea groups is 1. The molecule has 0 radical (unpaired) electrons. The minimum absolute atomic E-state index is 0.0414. The van der Waals surface area contributed by atoms with E-state index in [-0.39, 0.29) is 30.0 Å². The van der Waals surface area contributed by atoms with Crippen LogP contribution in [0.2, 0.25) is 0 Å². The summed E-state index contributed by atoms with van der Waals surface area (Å²) in [6, 6.07) is 8.04. The number of esters is 1. The molecule has 0 aliphatic carbocycles. The summed E-state index contributed by atoms with van der Waals surface area (Å²) >= 11 is 2.02. The first-order chi connectivity index (χ1) is 16.3. The number of methoxy groups -OCH3 is 1. The Hall–Kier alpha value is -3.85. The average Bonchev–Trinajstić information content (AvgIpc) is 2.81. The van der Waals surface area contributed by atoms with Crippen LogP contribution in [0.5, 0.6) is 11.5 Å². The number of nitrogens with one attached hydrogen (secondary N) is 1. The van der Waals surface area contributed by atoms with Crippen molar-refractivity contribution >= 4 is 58.2 Å². The summed E-state index contributed by atoms with van der Waals surface area (Å²) in [6.07, 6.45) is 6.59. The van der Waals surface area contributed by atoms with Crippen LogP contribution in [0, 0.1) is 15.9 Å². The third-order valence-corrected chi connectivity index (χ3v) is 5.40. The Morgan fingerprint density at radius 2 is 1.91 bits per heavy atom. The van der Waals surface area contributed by atoms with Crippen LogP contribution in [0.1, 0.15) is 22.8 Å². The summed E-state index contributed by atoms with van der Waals surface area (Å²) in [5.41, 5.74) is 0.652. The summed E-state index contributed by atoms with van der Waals surface area (Å²) in [6.45, 7) is 1.94. The number of benzene rings is 2. The monoisotopic (exact) mass is 574 g/mol. The summed E-state index contributed by atoms with van der Waals surface area (Å²) in [4.78, 5) is 50.7. The lowest BCUT2D eigenvalue weighted by Gasteiger charge is -2.26. The molecule has 10 heteroatoms. The van der Waals surface area contributed by atoms with Crippen LogP contribution in [-0.4, -0.2) is 44.1 Å². The van der Waals surface area contributed by atoms with Crippen molar-refractivity contribution in [3.8, 4) is 23.8 Å². The zero-order valence-corrected chi connectivity index (χ0v) is 20.4. The van der Waals surface area contributed by atoms with Gasteiger partial charge in [-0.05, 0) is 77.6 Å². The van der Waals surface area contributed by atoms with E-state index in [1.165, 1.54) is 37.5 Å². The molecule has 0 saturated carbocycles. The van der Waals surface area contributed by atoms with Crippen molar-refractivity contribution in [3.63, 3.8) is 0 Å². The van der Waals surface area contributed by atoms with Gasteiger partial charge in [0.25, 0.3) is 11.8 Å². The Morgan fingerprint density at radius 1 is 1.21 bits per heavy atom. The molecule has 2 aromatic rings. The first-order valence-corrected chi connectivity index (χ1v) is 11.0. The standard InChI is InChI=1S/C24H19IN2O7/c1-4-10-34-20-18(25)12-14(13-19(20)32-3)11-17-21(28)26-24(31)27(22(17)29)16-8-6-15(7-9-16)23(30)33-5-2/h1,6-9,11-13H,5,10H2,2-3H3,(H,26,28,31)/b17-11+. The topological polar surface area (TPSA) is 111 Å². The highest BCUT2D eigenvalue weighted by Crippen LogP contribution is 2.35. The van der Waals surface area contributed by atoms with E-state index in [1.54, 1.807) is 19.1 Å². The van der Waals surface area contributed by atoms with E-state index in [0.29, 0.717) is 20.6 Å². The third-order valence-electron chi connectivity index (χ3n) is 4.60. The molecule has 1 fully saturated rings. The van der Waals surface area contributed by atoms with Gasteiger partial charge in [0.05, 0.1) is 28.5 Å². The minimum Gasteiger partial charge on any atom is -0.493 e. The van der Waals surface area contributed by atoms with Gasteiger partial charge in [0.1, 0.15) is 12.2 Å². The van der Waals surface area contributed by atoms with Crippen molar-refractivity contribution in [1.29, 1.82) is 0 Å². The number of nitrogens with zero attached hydrogens (tertiary/aromatic N) is 1. The van der Waals surface area contributed by atoms with Crippen LogP contribution in [0.3, 0.4) is 0 Å². The van der Waals surface area contributed by atoms with Gasteiger partial charge in [-0.15, -0.1) is 6.42 Å². The second-order valence-corrected chi connectivity index (χ2v) is 7.91. The van der Waals surface area contributed by atoms with E-state index in [4.69, 9.17) is 20.6 Å². The lowest BCUT2D eigenvalue weighted by Crippen LogP contribution is -2.54. The van der Waals surface area contributed by atoms with Gasteiger partial charge in [0, 0.05) is 0 Å². The Morgan fingerprint density at radius 3 is 2.53 bits per heavy atom. The van der Waals surface area contributed by atoms with Crippen LogP contribution in [0.25, 0.3) is 6.08 Å². The van der Waals surface area contributed by atoms with Gasteiger partial charge in [-0.1, -0.05) is 5.92 Å². The van der Waals surface area contributed by atoms with Crippen molar-refractivity contribution in [2.24, 2.45) is 0 Å². The van der Waals surface area contributed by atoms with Crippen LogP contribution in [-0.2, 0) is 14.3 Å². The number of hydrogen-bond donors (Lipinski definition) is 1. The maximum atomic E-state index is 13.1.